The van der Waals surface area contributed by atoms with Crippen LogP contribution >= 0.6 is 11.6 Å². The highest BCUT2D eigenvalue weighted by Gasteiger charge is 2.40. The van der Waals surface area contributed by atoms with Crippen LogP contribution in [0.15, 0.2) is 23.1 Å². The maximum atomic E-state index is 12.3. The molecule has 0 saturated carbocycles. The van der Waals surface area contributed by atoms with Gasteiger partial charge >= 0.3 is 0 Å². The zero-order valence-electron chi connectivity index (χ0n) is 11.3. The van der Waals surface area contributed by atoms with Gasteiger partial charge in [-0.3, -0.25) is 0 Å². The molecule has 0 aromatic heterocycles. The summed E-state index contributed by atoms with van der Waals surface area (Å²) in [6.45, 7) is 1.89. The number of hydrogen-bond acceptors (Lipinski definition) is 5. The molecule has 6 nitrogen and oxygen atoms in total. The van der Waals surface area contributed by atoms with Crippen LogP contribution in [0.25, 0.3) is 0 Å². The predicted molar refractivity (Wildman–Crippen MR) is 76.3 cm³/mol. The molecule has 0 bridgehead atoms. The normalized spacial score (nSPS) is 25.7. The minimum Gasteiger partial charge on any atom is -0.386 e. The van der Waals surface area contributed by atoms with E-state index in [-0.39, 0.29) is 22.0 Å². The van der Waals surface area contributed by atoms with Gasteiger partial charge in [0.15, 0.2) is 0 Å². The van der Waals surface area contributed by atoms with Crippen LogP contribution in [0.5, 0.6) is 0 Å². The molecule has 2 rings (SSSR count). The minimum atomic E-state index is -3.92. The van der Waals surface area contributed by atoms with Crippen LogP contribution < -0.4 is 4.72 Å². The van der Waals surface area contributed by atoms with Crippen molar-refractivity contribution in [3.8, 4) is 6.07 Å². The SMILES string of the molecule is CC1OCCC1(O)CNS(=O)(=O)c1cc(C#N)ccc1Cl. The van der Waals surface area contributed by atoms with Crippen molar-refractivity contribution < 1.29 is 18.3 Å². The van der Waals surface area contributed by atoms with E-state index in [9.17, 15) is 13.5 Å². The molecule has 1 aromatic carbocycles. The van der Waals surface area contributed by atoms with Gasteiger partial charge in [-0.1, -0.05) is 11.6 Å². The van der Waals surface area contributed by atoms with Gasteiger partial charge in [0, 0.05) is 19.6 Å². The minimum absolute atomic E-state index is 0.0178. The third-order valence-corrected chi connectivity index (χ3v) is 5.46. The number of halogens is 1. The largest absolute Gasteiger partial charge is 0.386 e. The van der Waals surface area contributed by atoms with Gasteiger partial charge in [0.05, 0.1) is 22.8 Å². The number of aliphatic hydroxyl groups is 1. The lowest BCUT2D eigenvalue weighted by molar-refractivity contribution is -0.0228. The third-order valence-electron chi connectivity index (χ3n) is 3.58. The number of rotatable bonds is 4. The second-order valence-electron chi connectivity index (χ2n) is 4.95. The Balaban J connectivity index is 2.21. The Bertz CT molecular complexity index is 686. The maximum Gasteiger partial charge on any atom is 0.242 e. The van der Waals surface area contributed by atoms with Gasteiger partial charge in [-0.15, -0.1) is 0 Å². The van der Waals surface area contributed by atoms with Crippen molar-refractivity contribution in [2.75, 3.05) is 13.2 Å². The number of nitriles is 1. The average molecular weight is 331 g/mol. The molecule has 21 heavy (non-hydrogen) atoms. The van der Waals surface area contributed by atoms with Gasteiger partial charge in [0.2, 0.25) is 10.0 Å². The van der Waals surface area contributed by atoms with E-state index in [2.05, 4.69) is 4.72 Å². The second kappa shape index (κ2) is 5.91. The Morgan fingerprint density at radius 3 is 2.90 bits per heavy atom. The van der Waals surface area contributed by atoms with Crippen molar-refractivity contribution in [1.29, 1.82) is 5.26 Å². The van der Waals surface area contributed by atoms with E-state index in [1.807, 2.05) is 6.07 Å². The fourth-order valence-electron chi connectivity index (χ4n) is 2.08. The average Bonchev–Trinajstić information content (AvgIpc) is 2.78. The van der Waals surface area contributed by atoms with Gasteiger partial charge < -0.3 is 9.84 Å². The topological polar surface area (TPSA) is 99.4 Å². The first kappa shape index (κ1) is 16.2. The molecular weight excluding hydrogens is 316 g/mol. The first-order valence-electron chi connectivity index (χ1n) is 6.32. The zero-order chi connectivity index (χ0) is 15.7. The number of benzene rings is 1. The first-order valence-corrected chi connectivity index (χ1v) is 8.18. The van der Waals surface area contributed by atoms with E-state index >= 15 is 0 Å². The summed E-state index contributed by atoms with van der Waals surface area (Å²) < 4.78 is 32.1. The molecule has 1 fully saturated rings. The van der Waals surface area contributed by atoms with Crippen LogP contribution in [0.2, 0.25) is 5.02 Å². The molecule has 0 radical (unpaired) electrons. The Labute approximate surface area is 128 Å². The van der Waals surface area contributed by atoms with Crippen LogP contribution in [-0.4, -0.2) is 38.4 Å². The molecule has 1 heterocycles. The molecule has 2 N–H and O–H groups in total. The Kier molecular flexibility index (Phi) is 4.56. The summed E-state index contributed by atoms with van der Waals surface area (Å²) in [5.74, 6) is 0. The summed E-state index contributed by atoms with van der Waals surface area (Å²) in [6, 6.07) is 5.84. The second-order valence-corrected chi connectivity index (χ2v) is 7.09. The summed E-state index contributed by atoms with van der Waals surface area (Å²) in [7, 11) is -3.92. The van der Waals surface area contributed by atoms with Gasteiger partial charge in [-0.05, 0) is 25.1 Å². The third kappa shape index (κ3) is 3.36. The van der Waals surface area contributed by atoms with Gasteiger partial charge in [0.25, 0.3) is 0 Å². The van der Waals surface area contributed by atoms with Crippen molar-refractivity contribution in [3.63, 3.8) is 0 Å². The molecular formula is C13H15ClN2O4S. The molecule has 1 saturated heterocycles. The van der Waals surface area contributed by atoms with Crippen molar-refractivity contribution in [1.82, 2.24) is 4.72 Å². The molecule has 1 aromatic rings. The van der Waals surface area contributed by atoms with E-state index in [0.717, 1.165) is 0 Å². The van der Waals surface area contributed by atoms with Crippen LogP contribution in [-0.2, 0) is 14.8 Å². The lowest BCUT2D eigenvalue weighted by Crippen LogP contribution is -2.47. The van der Waals surface area contributed by atoms with E-state index in [1.54, 1.807) is 6.92 Å². The molecule has 0 amide bonds. The molecule has 0 spiro atoms. The summed E-state index contributed by atoms with van der Waals surface area (Å²) >= 11 is 5.88. The van der Waals surface area contributed by atoms with E-state index in [1.165, 1.54) is 18.2 Å². The highest BCUT2D eigenvalue weighted by Crippen LogP contribution is 2.27. The Morgan fingerprint density at radius 1 is 1.62 bits per heavy atom. The molecule has 2 unspecified atom stereocenters. The highest BCUT2D eigenvalue weighted by atomic mass is 35.5. The lowest BCUT2D eigenvalue weighted by Gasteiger charge is -2.26. The molecule has 8 heteroatoms. The molecule has 2 atom stereocenters. The van der Waals surface area contributed by atoms with Crippen LogP contribution in [0, 0.1) is 11.3 Å². The zero-order valence-corrected chi connectivity index (χ0v) is 12.9. The van der Waals surface area contributed by atoms with E-state index in [4.69, 9.17) is 21.6 Å². The predicted octanol–water partition coefficient (Wildman–Crippen LogP) is 1.03. The van der Waals surface area contributed by atoms with Gasteiger partial charge in [-0.25, -0.2) is 13.1 Å². The molecule has 1 aliphatic rings. The summed E-state index contributed by atoms with van der Waals surface area (Å²) in [5.41, 5.74) is -1.05. The Hall–Kier alpha value is -1.17. The number of nitrogens with zero attached hydrogens (tertiary/aromatic N) is 1. The number of ether oxygens (including phenoxy) is 1. The molecule has 114 valence electrons. The molecule has 1 aliphatic heterocycles. The Morgan fingerprint density at radius 2 is 2.33 bits per heavy atom. The smallest absolute Gasteiger partial charge is 0.242 e. The molecule has 0 aliphatic carbocycles. The standard InChI is InChI=1S/C13H15ClN2O4S/c1-9-13(17,4-5-20-9)8-16-21(18,19)12-6-10(7-15)2-3-11(12)14/h2-3,6,9,16-17H,4-5,8H2,1H3. The summed E-state index contributed by atoms with van der Waals surface area (Å²) in [4.78, 5) is -0.182. The quantitative estimate of drug-likeness (QED) is 0.859. The van der Waals surface area contributed by atoms with Crippen molar-refractivity contribution in [3.05, 3.63) is 28.8 Å². The van der Waals surface area contributed by atoms with E-state index in [0.29, 0.717) is 13.0 Å². The highest BCUT2D eigenvalue weighted by molar-refractivity contribution is 7.89. The van der Waals surface area contributed by atoms with Crippen LogP contribution in [0.3, 0.4) is 0 Å². The van der Waals surface area contributed by atoms with Crippen LogP contribution in [0.4, 0.5) is 0 Å². The first-order chi connectivity index (χ1) is 9.78. The van der Waals surface area contributed by atoms with Gasteiger partial charge in [-0.2, -0.15) is 5.26 Å². The monoisotopic (exact) mass is 330 g/mol. The van der Waals surface area contributed by atoms with Crippen molar-refractivity contribution >= 4 is 21.6 Å². The lowest BCUT2D eigenvalue weighted by atomic mass is 9.97. The fourth-order valence-corrected chi connectivity index (χ4v) is 3.70. The number of nitrogens with one attached hydrogen (secondary N) is 1. The van der Waals surface area contributed by atoms with Gasteiger partial charge in [0.1, 0.15) is 10.5 Å². The van der Waals surface area contributed by atoms with E-state index < -0.39 is 21.7 Å². The van der Waals surface area contributed by atoms with Crippen molar-refractivity contribution in [2.45, 2.75) is 29.9 Å². The maximum absolute atomic E-state index is 12.3. The fraction of sp³-hybridized carbons (Fsp3) is 0.462. The van der Waals surface area contributed by atoms with Crippen LogP contribution in [0.1, 0.15) is 18.9 Å². The van der Waals surface area contributed by atoms with Crippen molar-refractivity contribution in [2.24, 2.45) is 0 Å². The summed E-state index contributed by atoms with van der Waals surface area (Å²) in [6.07, 6.45) is -0.107. The number of hydrogen-bond donors (Lipinski definition) is 2. The number of sulfonamides is 1. The summed E-state index contributed by atoms with van der Waals surface area (Å²) in [5, 5.41) is 19.2.